The second kappa shape index (κ2) is 7.11. The summed E-state index contributed by atoms with van der Waals surface area (Å²) in [6, 6.07) is 14.0. The van der Waals surface area contributed by atoms with E-state index in [4.69, 9.17) is 0 Å². The minimum Gasteiger partial charge on any atom is -0.355 e. The summed E-state index contributed by atoms with van der Waals surface area (Å²) < 4.78 is 26.8. The molecule has 0 bridgehead atoms. The van der Waals surface area contributed by atoms with E-state index in [-0.39, 0.29) is 5.91 Å². The van der Waals surface area contributed by atoms with Crippen LogP contribution in [-0.4, -0.2) is 21.4 Å². The van der Waals surface area contributed by atoms with E-state index in [2.05, 4.69) is 10.0 Å². The lowest BCUT2D eigenvalue weighted by atomic mass is 10.1. The summed E-state index contributed by atoms with van der Waals surface area (Å²) in [5, 5.41) is 3.63. The summed E-state index contributed by atoms with van der Waals surface area (Å²) in [6.07, 6.45) is 1.51. The van der Waals surface area contributed by atoms with Crippen molar-refractivity contribution < 1.29 is 13.2 Å². The fourth-order valence-electron chi connectivity index (χ4n) is 2.05. The molecule has 120 valence electrons. The zero-order valence-electron chi connectivity index (χ0n) is 12.9. The van der Waals surface area contributed by atoms with E-state index in [9.17, 15) is 13.2 Å². The van der Waals surface area contributed by atoms with Crippen molar-refractivity contribution in [2.45, 2.75) is 6.92 Å². The molecular formula is C17H18N2O3S. The Morgan fingerprint density at radius 2 is 1.74 bits per heavy atom. The molecule has 2 N–H and O–H groups in total. The number of sulfonamides is 1. The molecule has 2 aromatic rings. The second-order valence-electron chi connectivity index (χ2n) is 4.92. The van der Waals surface area contributed by atoms with Crippen molar-refractivity contribution >= 4 is 27.7 Å². The molecule has 5 nitrogen and oxygen atoms in total. The summed E-state index contributed by atoms with van der Waals surface area (Å²) in [5.41, 5.74) is 2.17. The second-order valence-corrected chi connectivity index (χ2v) is 6.48. The van der Waals surface area contributed by atoms with Crippen LogP contribution in [0.2, 0.25) is 0 Å². The third-order valence-electron chi connectivity index (χ3n) is 3.30. The maximum absolute atomic E-state index is 12.2. The Morgan fingerprint density at radius 3 is 2.39 bits per heavy atom. The fourth-order valence-corrected chi connectivity index (χ4v) is 2.98. The summed E-state index contributed by atoms with van der Waals surface area (Å²) in [5.74, 6) is -0.261. The van der Waals surface area contributed by atoms with Crippen molar-refractivity contribution in [1.29, 1.82) is 0 Å². The molecule has 6 heteroatoms. The average Bonchev–Trinajstić information content (AvgIpc) is 2.55. The summed E-state index contributed by atoms with van der Waals surface area (Å²) in [4.78, 5) is 11.8. The molecule has 0 aliphatic heterocycles. The van der Waals surface area contributed by atoms with E-state index >= 15 is 0 Å². The molecule has 0 radical (unpaired) electrons. The van der Waals surface area contributed by atoms with Crippen molar-refractivity contribution in [2.75, 3.05) is 11.8 Å². The molecule has 1 amide bonds. The lowest BCUT2D eigenvalue weighted by Crippen LogP contribution is -2.20. The first-order valence-corrected chi connectivity index (χ1v) is 8.55. The largest absolute Gasteiger partial charge is 0.355 e. The molecule has 23 heavy (non-hydrogen) atoms. The first kappa shape index (κ1) is 16.8. The maximum atomic E-state index is 12.2. The Bertz CT molecular complexity index is 828. The number of rotatable bonds is 5. The van der Waals surface area contributed by atoms with Gasteiger partial charge in [-0.25, -0.2) is 8.42 Å². The van der Waals surface area contributed by atoms with E-state index in [1.807, 2.05) is 30.3 Å². The van der Waals surface area contributed by atoms with Gasteiger partial charge in [0.05, 0.1) is 11.1 Å². The van der Waals surface area contributed by atoms with Gasteiger partial charge in [0.1, 0.15) is 0 Å². The van der Waals surface area contributed by atoms with Gasteiger partial charge in [-0.3, -0.25) is 9.52 Å². The minimum absolute atomic E-state index is 0.261. The normalized spacial score (nSPS) is 11.4. The van der Waals surface area contributed by atoms with Crippen molar-refractivity contribution in [3.05, 3.63) is 70.6 Å². The predicted molar refractivity (Wildman–Crippen MR) is 92.6 cm³/mol. The SMILES string of the molecule is CNC(=O)c1cccc(NS(=O)(=O)/C=C/c2ccccc2)c1C. The zero-order valence-corrected chi connectivity index (χ0v) is 13.7. The van der Waals surface area contributed by atoms with Crippen molar-refractivity contribution in [2.24, 2.45) is 0 Å². The Morgan fingerprint density at radius 1 is 1.04 bits per heavy atom. The molecule has 0 heterocycles. The molecule has 2 rings (SSSR count). The number of hydrogen-bond acceptors (Lipinski definition) is 3. The van der Waals surface area contributed by atoms with E-state index < -0.39 is 10.0 Å². The Kier molecular flexibility index (Phi) is 5.18. The minimum atomic E-state index is -3.67. The van der Waals surface area contributed by atoms with Crippen molar-refractivity contribution in [3.63, 3.8) is 0 Å². The third-order valence-corrected chi connectivity index (χ3v) is 4.30. The molecule has 0 aliphatic carbocycles. The monoisotopic (exact) mass is 330 g/mol. The van der Waals surface area contributed by atoms with Gasteiger partial charge < -0.3 is 5.32 Å². The number of nitrogens with one attached hydrogen (secondary N) is 2. The van der Waals surface area contributed by atoms with Crippen LogP contribution >= 0.6 is 0 Å². The van der Waals surface area contributed by atoms with Crippen LogP contribution in [0, 0.1) is 6.92 Å². The van der Waals surface area contributed by atoms with E-state index in [0.717, 1.165) is 11.0 Å². The van der Waals surface area contributed by atoms with Crippen LogP contribution in [0.25, 0.3) is 6.08 Å². The van der Waals surface area contributed by atoms with E-state index in [0.29, 0.717) is 16.8 Å². The molecule has 0 saturated heterocycles. The van der Waals surface area contributed by atoms with Crippen LogP contribution < -0.4 is 10.0 Å². The van der Waals surface area contributed by atoms with Gasteiger partial charge in [-0.05, 0) is 36.3 Å². The number of benzene rings is 2. The van der Waals surface area contributed by atoms with Crippen LogP contribution in [-0.2, 0) is 10.0 Å². The maximum Gasteiger partial charge on any atom is 0.255 e. The topological polar surface area (TPSA) is 75.3 Å². The van der Waals surface area contributed by atoms with Crippen molar-refractivity contribution in [3.8, 4) is 0 Å². The molecule has 0 unspecified atom stereocenters. The van der Waals surface area contributed by atoms with Gasteiger partial charge in [-0.15, -0.1) is 0 Å². The summed E-state index contributed by atoms with van der Waals surface area (Å²) >= 11 is 0. The zero-order chi connectivity index (χ0) is 16.9. The summed E-state index contributed by atoms with van der Waals surface area (Å²) in [6.45, 7) is 1.70. The Hall–Kier alpha value is -2.60. The van der Waals surface area contributed by atoms with Gasteiger partial charge in [-0.1, -0.05) is 36.4 Å². The molecule has 0 fully saturated rings. The molecule has 0 aromatic heterocycles. The fraction of sp³-hybridized carbons (Fsp3) is 0.118. The quantitative estimate of drug-likeness (QED) is 0.885. The average molecular weight is 330 g/mol. The predicted octanol–water partition coefficient (Wildman–Crippen LogP) is 2.77. The highest BCUT2D eigenvalue weighted by Crippen LogP contribution is 2.20. The van der Waals surface area contributed by atoms with Crippen LogP contribution in [0.15, 0.2) is 53.9 Å². The number of hydrogen-bond donors (Lipinski definition) is 2. The first-order chi connectivity index (χ1) is 10.9. The molecular weight excluding hydrogens is 312 g/mol. The molecule has 0 aliphatic rings. The van der Waals surface area contributed by atoms with Gasteiger partial charge in [0.25, 0.3) is 15.9 Å². The lowest BCUT2D eigenvalue weighted by Gasteiger charge is -2.11. The highest BCUT2D eigenvalue weighted by atomic mass is 32.2. The van der Waals surface area contributed by atoms with E-state index in [1.165, 1.54) is 13.1 Å². The van der Waals surface area contributed by atoms with Gasteiger partial charge in [-0.2, -0.15) is 0 Å². The molecule has 0 saturated carbocycles. The van der Waals surface area contributed by atoms with Crippen LogP contribution in [0.3, 0.4) is 0 Å². The van der Waals surface area contributed by atoms with Crippen LogP contribution in [0.4, 0.5) is 5.69 Å². The Labute approximate surface area is 136 Å². The van der Waals surface area contributed by atoms with Gasteiger partial charge in [0.2, 0.25) is 0 Å². The van der Waals surface area contributed by atoms with Crippen molar-refractivity contribution in [1.82, 2.24) is 5.32 Å². The Balaban J connectivity index is 2.24. The van der Waals surface area contributed by atoms with E-state index in [1.54, 1.807) is 25.1 Å². The standard InChI is InChI=1S/C17H18N2O3S/c1-13-15(17(20)18-2)9-6-10-16(13)19-23(21,22)12-11-14-7-4-3-5-8-14/h3-12,19H,1-2H3,(H,18,20)/b12-11+. The van der Waals surface area contributed by atoms with Crippen LogP contribution in [0.1, 0.15) is 21.5 Å². The van der Waals surface area contributed by atoms with Gasteiger partial charge in [0.15, 0.2) is 0 Å². The number of carbonyl (C=O) groups is 1. The molecule has 2 aromatic carbocycles. The van der Waals surface area contributed by atoms with Gasteiger partial charge >= 0.3 is 0 Å². The lowest BCUT2D eigenvalue weighted by molar-refractivity contribution is 0.0962. The first-order valence-electron chi connectivity index (χ1n) is 7.00. The van der Waals surface area contributed by atoms with Gasteiger partial charge in [0, 0.05) is 12.6 Å². The number of amides is 1. The third kappa shape index (κ3) is 4.43. The highest BCUT2D eigenvalue weighted by Gasteiger charge is 2.13. The van der Waals surface area contributed by atoms with Crippen LogP contribution in [0.5, 0.6) is 0 Å². The molecule has 0 spiro atoms. The number of carbonyl (C=O) groups excluding carboxylic acids is 1. The molecule has 0 atom stereocenters. The number of anilines is 1. The highest BCUT2D eigenvalue weighted by molar-refractivity contribution is 7.95. The smallest absolute Gasteiger partial charge is 0.255 e. The summed E-state index contributed by atoms with van der Waals surface area (Å²) in [7, 11) is -2.14.